The number of aromatic nitrogens is 2. The van der Waals surface area contributed by atoms with Crippen LogP contribution >= 0.6 is 11.6 Å². The van der Waals surface area contributed by atoms with Gasteiger partial charge in [-0.05, 0) is 44.2 Å². The zero-order valence-corrected chi connectivity index (χ0v) is 13.3. The first-order valence-electron chi connectivity index (χ1n) is 6.93. The van der Waals surface area contributed by atoms with Gasteiger partial charge in [0.15, 0.2) is 0 Å². The molecule has 0 bridgehead atoms. The second-order valence-electron chi connectivity index (χ2n) is 5.26. The Labute approximate surface area is 136 Å². The Hall–Kier alpha value is -2.66. The molecule has 5 nitrogen and oxygen atoms in total. The molecule has 23 heavy (non-hydrogen) atoms. The number of halogens is 1. The lowest BCUT2D eigenvalue weighted by molar-refractivity contribution is 0.448. The van der Waals surface area contributed by atoms with E-state index in [1.54, 1.807) is 30.3 Å². The summed E-state index contributed by atoms with van der Waals surface area (Å²) in [4.78, 5) is 28.4. The van der Waals surface area contributed by atoms with Gasteiger partial charge < -0.3 is 4.42 Å². The summed E-state index contributed by atoms with van der Waals surface area (Å²) in [7, 11) is 0. The average Bonchev–Trinajstić information content (AvgIpc) is 2.45. The normalized spacial score (nSPS) is 10.7. The lowest BCUT2D eigenvalue weighted by Gasteiger charge is -2.06. The molecule has 0 atom stereocenters. The quantitative estimate of drug-likeness (QED) is 0.725. The van der Waals surface area contributed by atoms with Crippen LogP contribution in [0.4, 0.5) is 0 Å². The van der Waals surface area contributed by atoms with E-state index in [9.17, 15) is 9.59 Å². The Morgan fingerprint density at radius 2 is 1.74 bits per heavy atom. The topological polar surface area (TPSA) is 65.1 Å². The van der Waals surface area contributed by atoms with E-state index in [1.807, 2.05) is 19.9 Å². The van der Waals surface area contributed by atoms with E-state index in [0.29, 0.717) is 16.3 Å². The molecule has 0 aliphatic rings. The second kappa shape index (κ2) is 5.85. The zero-order chi connectivity index (χ0) is 16.6. The third kappa shape index (κ3) is 3.10. The Morgan fingerprint density at radius 3 is 2.35 bits per heavy atom. The Balaban J connectivity index is 2.18. The molecule has 2 aromatic carbocycles. The molecule has 0 fully saturated rings. The monoisotopic (exact) mass is 328 g/mol. The van der Waals surface area contributed by atoms with Crippen LogP contribution in [0.25, 0.3) is 17.1 Å². The van der Waals surface area contributed by atoms with Crippen LogP contribution < -0.4 is 11.4 Å². The maximum absolute atomic E-state index is 12.3. The number of hydrogen-bond acceptors (Lipinski definition) is 4. The van der Waals surface area contributed by atoms with Gasteiger partial charge in [-0.1, -0.05) is 34.9 Å². The van der Waals surface area contributed by atoms with E-state index in [0.717, 1.165) is 15.7 Å². The summed E-state index contributed by atoms with van der Waals surface area (Å²) >= 11 is 5.89. The molecule has 6 heteroatoms. The van der Waals surface area contributed by atoms with Crippen molar-refractivity contribution in [3.63, 3.8) is 0 Å². The summed E-state index contributed by atoms with van der Waals surface area (Å²) in [6, 6.07) is 12.0. The van der Waals surface area contributed by atoms with Crippen molar-refractivity contribution in [2.75, 3.05) is 0 Å². The molecular weight excluding hydrogens is 316 g/mol. The van der Waals surface area contributed by atoms with Gasteiger partial charge in [-0.2, -0.15) is 9.55 Å². The molecule has 0 N–H and O–H groups in total. The van der Waals surface area contributed by atoms with E-state index >= 15 is 0 Å². The van der Waals surface area contributed by atoms with Crippen molar-refractivity contribution in [3.8, 4) is 17.1 Å². The molecule has 1 aromatic heterocycles. The maximum atomic E-state index is 12.3. The van der Waals surface area contributed by atoms with Gasteiger partial charge in [0.05, 0.1) is 5.69 Å². The van der Waals surface area contributed by atoms with Crippen molar-refractivity contribution in [3.05, 3.63) is 79.6 Å². The molecule has 0 aliphatic carbocycles. The van der Waals surface area contributed by atoms with Crippen LogP contribution in [0.3, 0.4) is 0 Å². The lowest BCUT2D eigenvalue weighted by atomic mass is 10.1. The lowest BCUT2D eigenvalue weighted by Crippen LogP contribution is -2.33. The predicted molar refractivity (Wildman–Crippen MR) is 88.3 cm³/mol. The minimum atomic E-state index is -0.804. The smallest absolute Gasteiger partial charge is 0.390 e. The molecule has 116 valence electrons. The SMILES string of the molecule is Cc1cc(C)cc(-c2nc(=O)n(-c3cccc(Cl)c3)c(=O)o2)c1. The fraction of sp³-hybridized carbons (Fsp3) is 0.118. The molecule has 0 aliphatic heterocycles. The van der Waals surface area contributed by atoms with Crippen LogP contribution in [-0.2, 0) is 0 Å². The highest BCUT2D eigenvalue weighted by Crippen LogP contribution is 2.19. The third-order valence-corrected chi connectivity index (χ3v) is 3.53. The number of hydrogen-bond donors (Lipinski definition) is 0. The minimum Gasteiger partial charge on any atom is -0.390 e. The fourth-order valence-corrected chi connectivity index (χ4v) is 2.60. The Bertz CT molecular complexity index is 954. The molecule has 0 amide bonds. The molecule has 3 aromatic rings. The van der Waals surface area contributed by atoms with Crippen LogP contribution in [0.2, 0.25) is 5.02 Å². The average molecular weight is 329 g/mol. The molecule has 0 saturated carbocycles. The van der Waals surface area contributed by atoms with Gasteiger partial charge in [0.2, 0.25) is 5.89 Å². The molecule has 0 radical (unpaired) electrons. The molecule has 1 heterocycles. The van der Waals surface area contributed by atoms with Crippen molar-refractivity contribution in [1.82, 2.24) is 9.55 Å². The fourth-order valence-electron chi connectivity index (χ4n) is 2.42. The highest BCUT2D eigenvalue weighted by Gasteiger charge is 2.12. The second-order valence-corrected chi connectivity index (χ2v) is 5.70. The summed E-state index contributed by atoms with van der Waals surface area (Å²) in [6.07, 6.45) is 0. The standard InChI is InChI=1S/C17H13ClN2O3/c1-10-6-11(2)8-12(7-10)15-19-16(21)20(17(22)23-15)14-5-3-4-13(18)9-14/h3-9H,1-2H3. The Kier molecular flexibility index (Phi) is 3.88. The van der Waals surface area contributed by atoms with Gasteiger partial charge in [0.1, 0.15) is 0 Å². The summed E-state index contributed by atoms with van der Waals surface area (Å²) in [6.45, 7) is 3.84. The zero-order valence-electron chi connectivity index (χ0n) is 12.5. The van der Waals surface area contributed by atoms with Crippen molar-refractivity contribution in [2.45, 2.75) is 13.8 Å². The maximum Gasteiger partial charge on any atom is 0.429 e. The predicted octanol–water partition coefficient (Wildman–Crippen LogP) is 3.12. The highest BCUT2D eigenvalue weighted by atomic mass is 35.5. The minimum absolute atomic E-state index is 0.00470. The van der Waals surface area contributed by atoms with Crippen LogP contribution in [0.1, 0.15) is 11.1 Å². The van der Waals surface area contributed by atoms with Gasteiger partial charge in [0.25, 0.3) is 0 Å². The van der Waals surface area contributed by atoms with E-state index in [4.69, 9.17) is 16.0 Å². The number of nitrogens with zero attached hydrogens (tertiary/aromatic N) is 2. The van der Waals surface area contributed by atoms with Crippen LogP contribution in [-0.4, -0.2) is 9.55 Å². The van der Waals surface area contributed by atoms with E-state index in [-0.39, 0.29) is 5.89 Å². The largest absolute Gasteiger partial charge is 0.429 e. The molecular formula is C17H13ClN2O3. The van der Waals surface area contributed by atoms with E-state index in [2.05, 4.69) is 4.98 Å². The molecule has 0 saturated heterocycles. The van der Waals surface area contributed by atoms with Crippen molar-refractivity contribution in [1.29, 1.82) is 0 Å². The highest BCUT2D eigenvalue weighted by molar-refractivity contribution is 6.30. The van der Waals surface area contributed by atoms with Gasteiger partial charge >= 0.3 is 11.4 Å². The summed E-state index contributed by atoms with van der Waals surface area (Å²) in [5.41, 5.74) is 2.18. The summed E-state index contributed by atoms with van der Waals surface area (Å²) < 4.78 is 6.08. The molecule has 0 unspecified atom stereocenters. The molecule has 0 spiro atoms. The first kappa shape index (κ1) is 15.2. The number of benzene rings is 2. The Morgan fingerprint density at radius 1 is 1.04 bits per heavy atom. The van der Waals surface area contributed by atoms with Crippen LogP contribution in [0, 0.1) is 13.8 Å². The van der Waals surface area contributed by atoms with Crippen molar-refractivity contribution < 1.29 is 4.42 Å². The van der Waals surface area contributed by atoms with Crippen molar-refractivity contribution >= 4 is 11.6 Å². The summed E-state index contributed by atoms with van der Waals surface area (Å²) in [5, 5.41) is 0.409. The third-order valence-electron chi connectivity index (χ3n) is 3.29. The van der Waals surface area contributed by atoms with Crippen LogP contribution in [0.5, 0.6) is 0 Å². The van der Waals surface area contributed by atoms with Gasteiger partial charge in [-0.15, -0.1) is 0 Å². The van der Waals surface area contributed by atoms with E-state index in [1.165, 1.54) is 6.07 Å². The van der Waals surface area contributed by atoms with Gasteiger partial charge in [-0.25, -0.2) is 9.59 Å². The van der Waals surface area contributed by atoms with Gasteiger partial charge in [0, 0.05) is 10.6 Å². The van der Waals surface area contributed by atoms with Gasteiger partial charge in [-0.3, -0.25) is 0 Å². The van der Waals surface area contributed by atoms with Crippen molar-refractivity contribution in [2.24, 2.45) is 0 Å². The number of aryl methyl sites for hydroxylation is 2. The van der Waals surface area contributed by atoms with E-state index < -0.39 is 11.4 Å². The summed E-state index contributed by atoms with van der Waals surface area (Å²) in [5.74, 6) is -0.800. The molecule has 3 rings (SSSR count). The first-order valence-corrected chi connectivity index (χ1v) is 7.30. The first-order chi connectivity index (χ1) is 10.9. The van der Waals surface area contributed by atoms with Crippen LogP contribution in [0.15, 0.2) is 56.5 Å². The number of rotatable bonds is 2.